The molecule has 2 aromatic rings. The lowest BCUT2D eigenvalue weighted by molar-refractivity contribution is -0.136. The van der Waals surface area contributed by atoms with Crippen LogP contribution in [0.2, 0.25) is 0 Å². The molecule has 9 nitrogen and oxygen atoms in total. The molecule has 30 heavy (non-hydrogen) atoms. The number of hydrogen-bond donors (Lipinski definition) is 3. The fraction of sp³-hybridized carbons (Fsp3) is 0.421. The summed E-state index contributed by atoms with van der Waals surface area (Å²) in [5, 5.41) is 11.9. The fourth-order valence-electron chi connectivity index (χ4n) is 2.63. The number of nitrogens with zero attached hydrogens (tertiary/aromatic N) is 1. The number of amides is 1. The quantitative estimate of drug-likeness (QED) is 0.474. The van der Waals surface area contributed by atoms with Crippen LogP contribution >= 0.6 is 11.3 Å². The van der Waals surface area contributed by atoms with Gasteiger partial charge in [0.15, 0.2) is 5.13 Å². The van der Waals surface area contributed by atoms with Crippen molar-refractivity contribution in [1.29, 1.82) is 0 Å². The zero-order valence-corrected chi connectivity index (χ0v) is 18.7. The molecule has 0 unspecified atom stereocenters. The van der Waals surface area contributed by atoms with Gasteiger partial charge in [-0.2, -0.15) is 0 Å². The summed E-state index contributed by atoms with van der Waals surface area (Å²) >= 11 is 1.25. The third-order valence-corrected chi connectivity index (χ3v) is 6.75. The van der Waals surface area contributed by atoms with Crippen molar-refractivity contribution >= 4 is 38.4 Å². The summed E-state index contributed by atoms with van der Waals surface area (Å²) in [6, 6.07) is 4.68. The third kappa shape index (κ3) is 6.25. The van der Waals surface area contributed by atoms with Gasteiger partial charge in [0, 0.05) is 13.0 Å². The number of nitrogens with one attached hydrogen (secondary N) is 2. The molecular weight excluding hydrogens is 430 g/mol. The average Bonchev–Trinajstić information content (AvgIpc) is 3.05. The lowest BCUT2D eigenvalue weighted by atomic mass is 10.1. The molecule has 11 heteroatoms. The maximum absolute atomic E-state index is 12.7. The van der Waals surface area contributed by atoms with Crippen molar-refractivity contribution in [3.63, 3.8) is 0 Å². The Balaban J connectivity index is 2.32. The first-order valence-corrected chi connectivity index (χ1v) is 11.6. The van der Waals surface area contributed by atoms with Crippen molar-refractivity contribution < 1.29 is 27.9 Å². The molecule has 0 saturated heterocycles. The summed E-state index contributed by atoms with van der Waals surface area (Å²) < 4.78 is 32.8. The Kier molecular flexibility index (Phi) is 8.33. The number of hydrogen-bond acceptors (Lipinski definition) is 7. The van der Waals surface area contributed by atoms with E-state index in [1.54, 1.807) is 13.0 Å². The molecule has 0 fully saturated rings. The first kappa shape index (κ1) is 23.8. The first-order chi connectivity index (χ1) is 14.2. The topological polar surface area (TPSA) is 135 Å². The predicted octanol–water partition coefficient (Wildman–Crippen LogP) is 3.01. The third-order valence-electron chi connectivity index (χ3n) is 4.15. The second-order valence-electron chi connectivity index (χ2n) is 6.49. The molecule has 2 rings (SSSR count). The van der Waals surface area contributed by atoms with E-state index in [9.17, 15) is 18.0 Å². The summed E-state index contributed by atoms with van der Waals surface area (Å²) in [5.41, 5.74) is 1.25. The van der Waals surface area contributed by atoms with Crippen LogP contribution in [-0.4, -0.2) is 44.0 Å². The minimum atomic E-state index is -3.99. The minimum absolute atomic E-state index is 0.103. The van der Waals surface area contributed by atoms with Gasteiger partial charge in [-0.3, -0.25) is 9.59 Å². The molecule has 1 aromatic heterocycles. The Labute approximate surface area is 179 Å². The van der Waals surface area contributed by atoms with Crippen LogP contribution in [0.4, 0.5) is 5.13 Å². The molecule has 164 valence electrons. The van der Waals surface area contributed by atoms with E-state index in [0.717, 1.165) is 12.8 Å². The van der Waals surface area contributed by atoms with Gasteiger partial charge in [0.25, 0.3) is 0 Å². The second kappa shape index (κ2) is 10.5. The van der Waals surface area contributed by atoms with Gasteiger partial charge in [0.1, 0.15) is 10.6 Å². The van der Waals surface area contributed by atoms with E-state index in [-0.39, 0.29) is 29.5 Å². The fourth-order valence-corrected chi connectivity index (χ4v) is 4.84. The summed E-state index contributed by atoms with van der Waals surface area (Å²) in [7, 11) is -2.63. The van der Waals surface area contributed by atoms with Gasteiger partial charge < -0.3 is 15.2 Å². The zero-order chi connectivity index (χ0) is 22.3. The van der Waals surface area contributed by atoms with Gasteiger partial charge in [0.05, 0.1) is 24.1 Å². The largest absolute Gasteiger partial charge is 0.495 e. The van der Waals surface area contributed by atoms with E-state index in [2.05, 4.69) is 15.0 Å². The molecule has 0 saturated carbocycles. The number of ether oxygens (including phenoxy) is 1. The maximum atomic E-state index is 12.7. The molecule has 0 aliphatic rings. The number of benzene rings is 1. The van der Waals surface area contributed by atoms with E-state index in [1.165, 1.54) is 30.6 Å². The zero-order valence-electron chi connectivity index (χ0n) is 17.0. The molecule has 1 heterocycles. The summed E-state index contributed by atoms with van der Waals surface area (Å²) in [6.07, 6.45) is 1.78. The number of carboxylic acid groups (broad SMARTS) is 1. The van der Waals surface area contributed by atoms with Gasteiger partial charge >= 0.3 is 5.97 Å². The maximum Gasteiger partial charge on any atom is 0.304 e. The summed E-state index contributed by atoms with van der Waals surface area (Å²) in [5.74, 6) is -1.08. The second-order valence-corrected chi connectivity index (χ2v) is 9.23. The number of aromatic nitrogens is 1. The summed E-state index contributed by atoms with van der Waals surface area (Å²) in [4.78, 5) is 27.6. The number of unbranched alkanes of at least 4 members (excludes halogenated alkanes) is 1. The number of carbonyl (C=O) groups is 2. The highest BCUT2D eigenvalue weighted by Crippen LogP contribution is 2.36. The Morgan fingerprint density at radius 2 is 2.00 bits per heavy atom. The highest BCUT2D eigenvalue weighted by Gasteiger charge is 2.22. The number of sulfonamides is 1. The SMILES string of the molecule is CCCCC(=O)Nc1nc(C)c(-c2ccc(OC)c(S(=O)(=O)NCCC(=O)O)c2)s1. The van der Waals surface area contributed by atoms with Gasteiger partial charge in [-0.05, 0) is 37.1 Å². The molecule has 0 aliphatic carbocycles. The van der Waals surface area contributed by atoms with E-state index >= 15 is 0 Å². The highest BCUT2D eigenvalue weighted by molar-refractivity contribution is 7.89. The lowest BCUT2D eigenvalue weighted by Gasteiger charge is -2.12. The van der Waals surface area contributed by atoms with Gasteiger partial charge in [-0.25, -0.2) is 18.1 Å². The molecule has 0 radical (unpaired) electrons. The number of aryl methyl sites for hydroxylation is 1. The van der Waals surface area contributed by atoms with Crippen molar-refractivity contribution in [2.45, 2.75) is 44.4 Å². The van der Waals surface area contributed by atoms with Crippen LogP contribution in [0.15, 0.2) is 23.1 Å². The van der Waals surface area contributed by atoms with E-state index in [0.29, 0.717) is 27.7 Å². The Hall–Kier alpha value is -2.50. The smallest absolute Gasteiger partial charge is 0.304 e. The predicted molar refractivity (Wildman–Crippen MR) is 114 cm³/mol. The number of aliphatic carboxylic acids is 1. The lowest BCUT2D eigenvalue weighted by Crippen LogP contribution is -2.26. The molecular formula is C19H25N3O6S2. The van der Waals surface area contributed by atoms with Gasteiger partial charge in [-0.1, -0.05) is 24.7 Å². The monoisotopic (exact) mass is 455 g/mol. The van der Waals surface area contributed by atoms with Crippen molar-refractivity contribution in [3.05, 3.63) is 23.9 Å². The Morgan fingerprint density at radius 1 is 1.27 bits per heavy atom. The van der Waals surface area contributed by atoms with E-state index < -0.39 is 16.0 Å². The molecule has 1 amide bonds. The molecule has 0 spiro atoms. The number of methoxy groups -OCH3 is 1. The van der Waals surface area contributed by atoms with Crippen molar-refractivity contribution in [2.75, 3.05) is 19.0 Å². The van der Waals surface area contributed by atoms with Crippen LogP contribution in [0, 0.1) is 6.92 Å². The molecule has 0 aliphatic heterocycles. The van der Waals surface area contributed by atoms with Crippen LogP contribution in [0.5, 0.6) is 5.75 Å². The molecule has 0 atom stereocenters. The molecule has 0 bridgehead atoms. The Morgan fingerprint density at radius 3 is 2.63 bits per heavy atom. The van der Waals surface area contributed by atoms with Crippen LogP contribution in [0.25, 0.3) is 10.4 Å². The van der Waals surface area contributed by atoms with Crippen LogP contribution in [0.1, 0.15) is 38.3 Å². The number of thiazole rings is 1. The minimum Gasteiger partial charge on any atom is -0.495 e. The van der Waals surface area contributed by atoms with E-state index in [4.69, 9.17) is 9.84 Å². The first-order valence-electron chi connectivity index (χ1n) is 9.35. The number of anilines is 1. The van der Waals surface area contributed by atoms with Gasteiger partial charge in [0.2, 0.25) is 15.9 Å². The van der Waals surface area contributed by atoms with Crippen LogP contribution < -0.4 is 14.8 Å². The van der Waals surface area contributed by atoms with E-state index in [1.807, 2.05) is 6.92 Å². The Bertz CT molecular complexity index is 1020. The molecule has 3 N–H and O–H groups in total. The highest BCUT2D eigenvalue weighted by atomic mass is 32.2. The molecule has 1 aromatic carbocycles. The normalized spacial score (nSPS) is 11.3. The standard InChI is InChI=1S/C19H25N3O6S2/c1-4-5-6-16(23)22-19-21-12(2)18(29-19)13-7-8-14(28-3)15(11-13)30(26,27)20-10-9-17(24)25/h7-8,11,20H,4-6,9-10H2,1-3H3,(H,24,25)(H,21,22,23). The van der Waals surface area contributed by atoms with Crippen molar-refractivity contribution in [2.24, 2.45) is 0 Å². The number of rotatable bonds is 11. The number of carboxylic acids is 1. The van der Waals surface area contributed by atoms with Crippen LogP contribution in [-0.2, 0) is 19.6 Å². The van der Waals surface area contributed by atoms with Crippen molar-refractivity contribution in [1.82, 2.24) is 9.71 Å². The van der Waals surface area contributed by atoms with Crippen molar-refractivity contribution in [3.8, 4) is 16.2 Å². The number of carbonyl (C=O) groups excluding carboxylic acids is 1. The average molecular weight is 456 g/mol. The van der Waals surface area contributed by atoms with Crippen LogP contribution in [0.3, 0.4) is 0 Å². The summed E-state index contributed by atoms with van der Waals surface area (Å²) in [6.45, 7) is 3.54. The van der Waals surface area contributed by atoms with Gasteiger partial charge in [-0.15, -0.1) is 0 Å².